The number of para-hydroxylation sites is 1. The first-order chi connectivity index (χ1) is 13.5. The molecular weight excluding hydrogens is 421 g/mol. The van der Waals surface area contributed by atoms with E-state index in [9.17, 15) is 4.79 Å². The van der Waals surface area contributed by atoms with Gasteiger partial charge in [0.15, 0.2) is 0 Å². The molecule has 0 aliphatic carbocycles. The highest BCUT2D eigenvalue weighted by molar-refractivity contribution is 6.36. The Hall–Kier alpha value is -2.28. The van der Waals surface area contributed by atoms with Gasteiger partial charge in [-0.15, -0.1) is 0 Å². The van der Waals surface area contributed by atoms with Crippen molar-refractivity contribution in [2.75, 3.05) is 31.1 Å². The van der Waals surface area contributed by atoms with Crippen LogP contribution in [0.15, 0.2) is 48.9 Å². The summed E-state index contributed by atoms with van der Waals surface area (Å²) in [6.45, 7) is 2.41. The largest absolute Gasteiger partial charge is 0.352 e. The summed E-state index contributed by atoms with van der Waals surface area (Å²) in [7, 11) is 0. The fourth-order valence-corrected chi connectivity index (χ4v) is 3.87. The monoisotopic (exact) mass is 435 g/mol. The van der Waals surface area contributed by atoms with Crippen molar-refractivity contribution >= 4 is 46.5 Å². The van der Waals surface area contributed by atoms with Gasteiger partial charge in [0.25, 0.3) is 5.91 Å². The van der Waals surface area contributed by atoms with Crippen LogP contribution in [0.5, 0.6) is 0 Å². The van der Waals surface area contributed by atoms with E-state index >= 15 is 0 Å². The van der Waals surface area contributed by atoms with Crippen LogP contribution in [-0.4, -0.2) is 51.8 Å². The molecule has 0 N–H and O–H groups in total. The summed E-state index contributed by atoms with van der Waals surface area (Å²) in [6.07, 6.45) is 4.84. The molecule has 0 bridgehead atoms. The molecule has 0 spiro atoms. The highest BCUT2D eigenvalue weighted by Gasteiger charge is 2.25. The molecule has 1 aliphatic heterocycles. The molecule has 0 atom stereocenters. The number of hydrogen-bond donors (Lipinski definition) is 0. The molecule has 0 radical (unpaired) electrons. The molecule has 0 saturated carbocycles. The Morgan fingerprint density at radius 2 is 1.71 bits per heavy atom. The van der Waals surface area contributed by atoms with Gasteiger partial charge in [-0.2, -0.15) is 5.10 Å². The molecule has 28 heavy (non-hydrogen) atoms. The van der Waals surface area contributed by atoms with E-state index in [0.29, 0.717) is 52.6 Å². The number of carbonyl (C=O) groups is 1. The number of aromatic nitrogens is 3. The van der Waals surface area contributed by atoms with E-state index in [1.54, 1.807) is 40.3 Å². The molecule has 1 aromatic carbocycles. The average molecular weight is 437 g/mol. The smallest absolute Gasteiger partial charge is 0.257 e. The van der Waals surface area contributed by atoms with Gasteiger partial charge in [-0.25, -0.2) is 9.67 Å². The van der Waals surface area contributed by atoms with E-state index < -0.39 is 0 Å². The minimum atomic E-state index is -0.0619. The van der Waals surface area contributed by atoms with Crippen LogP contribution in [0.3, 0.4) is 0 Å². The first kappa shape index (κ1) is 19.1. The van der Waals surface area contributed by atoms with Gasteiger partial charge in [-0.05, 0) is 18.2 Å². The molecule has 9 heteroatoms. The van der Waals surface area contributed by atoms with E-state index in [1.165, 1.54) is 0 Å². The summed E-state index contributed by atoms with van der Waals surface area (Å²) in [4.78, 5) is 21.0. The van der Waals surface area contributed by atoms with Crippen LogP contribution in [0.2, 0.25) is 15.1 Å². The second-order valence-corrected chi connectivity index (χ2v) is 7.61. The van der Waals surface area contributed by atoms with Crippen LogP contribution in [0.4, 0.5) is 5.82 Å². The van der Waals surface area contributed by atoms with Crippen molar-refractivity contribution in [3.8, 4) is 5.69 Å². The highest BCUT2D eigenvalue weighted by atomic mass is 35.5. The first-order valence-electron chi connectivity index (χ1n) is 8.68. The van der Waals surface area contributed by atoms with Crippen LogP contribution >= 0.6 is 34.8 Å². The fraction of sp³-hybridized carbons (Fsp3) is 0.211. The Balaban J connectivity index is 1.44. The van der Waals surface area contributed by atoms with Gasteiger partial charge in [0.05, 0.1) is 32.5 Å². The van der Waals surface area contributed by atoms with Crippen LogP contribution in [0, 0.1) is 0 Å². The van der Waals surface area contributed by atoms with Crippen molar-refractivity contribution in [1.29, 1.82) is 0 Å². The van der Waals surface area contributed by atoms with Gasteiger partial charge in [0.2, 0.25) is 0 Å². The van der Waals surface area contributed by atoms with Crippen molar-refractivity contribution in [3.05, 3.63) is 69.6 Å². The second-order valence-electron chi connectivity index (χ2n) is 6.36. The van der Waals surface area contributed by atoms with E-state index in [4.69, 9.17) is 34.8 Å². The van der Waals surface area contributed by atoms with Crippen molar-refractivity contribution in [2.45, 2.75) is 0 Å². The van der Waals surface area contributed by atoms with Crippen LogP contribution in [0.1, 0.15) is 10.4 Å². The molecule has 1 saturated heterocycles. The molecule has 4 rings (SSSR count). The lowest BCUT2D eigenvalue weighted by Gasteiger charge is -2.35. The van der Waals surface area contributed by atoms with Crippen LogP contribution < -0.4 is 4.90 Å². The van der Waals surface area contributed by atoms with Gasteiger partial charge in [0, 0.05) is 38.6 Å². The van der Waals surface area contributed by atoms with E-state index in [0.717, 1.165) is 5.69 Å². The zero-order valence-electron chi connectivity index (χ0n) is 14.7. The van der Waals surface area contributed by atoms with Gasteiger partial charge in [0.1, 0.15) is 5.82 Å². The molecule has 1 aliphatic rings. The molecule has 2 aromatic heterocycles. The SMILES string of the molecule is O=C(c1cnn(-c2ccccc2Cl)c1)N1CCN(c2ncc(Cl)cc2Cl)CC1. The number of amides is 1. The van der Waals surface area contributed by atoms with Gasteiger partial charge in [-0.3, -0.25) is 4.79 Å². The predicted molar refractivity (Wildman–Crippen MR) is 111 cm³/mol. The average Bonchev–Trinajstić information content (AvgIpc) is 3.18. The number of piperazine rings is 1. The van der Waals surface area contributed by atoms with E-state index in [2.05, 4.69) is 15.0 Å². The molecule has 3 heterocycles. The number of halogens is 3. The van der Waals surface area contributed by atoms with Crippen molar-refractivity contribution in [3.63, 3.8) is 0 Å². The number of carbonyl (C=O) groups excluding carboxylic acids is 1. The predicted octanol–water partition coefficient (Wildman–Crippen LogP) is 4.19. The third-order valence-corrected chi connectivity index (χ3v) is 5.39. The standard InChI is InChI=1S/C19H16Cl3N5O/c20-14-9-16(22)18(23-11-14)25-5-7-26(8-6-25)19(28)13-10-24-27(12-13)17-4-2-1-3-15(17)21/h1-4,9-12H,5-8H2. The fourth-order valence-electron chi connectivity index (χ4n) is 3.15. The highest BCUT2D eigenvalue weighted by Crippen LogP contribution is 2.27. The lowest BCUT2D eigenvalue weighted by Crippen LogP contribution is -2.49. The Morgan fingerprint density at radius 1 is 0.964 bits per heavy atom. The number of rotatable bonds is 3. The summed E-state index contributed by atoms with van der Waals surface area (Å²) in [5.41, 5.74) is 1.26. The molecule has 3 aromatic rings. The lowest BCUT2D eigenvalue weighted by molar-refractivity contribution is 0.0746. The van der Waals surface area contributed by atoms with Crippen LogP contribution in [0.25, 0.3) is 5.69 Å². The summed E-state index contributed by atoms with van der Waals surface area (Å²) in [6, 6.07) is 9.04. The summed E-state index contributed by atoms with van der Waals surface area (Å²) < 4.78 is 1.61. The number of nitrogens with zero attached hydrogens (tertiary/aromatic N) is 5. The second kappa shape index (κ2) is 7.99. The van der Waals surface area contributed by atoms with Crippen molar-refractivity contribution < 1.29 is 4.79 Å². The topological polar surface area (TPSA) is 54.3 Å². The summed E-state index contributed by atoms with van der Waals surface area (Å²) >= 11 is 18.4. The van der Waals surface area contributed by atoms with Crippen LogP contribution in [-0.2, 0) is 0 Å². The zero-order chi connectivity index (χ0) is 19.7. The lowest BCUT2D eigenvalue weighted by atomic mass is 10.2. The molecule has 1 fully saturated rings. The molecule has 6 nitrogen and oxygen atoms in total. The Bertz CT molecular complexity index is 1010. The normalized spacial score (nSPS) is 14.4. The van der Waals surface area contributed by atoms with Crippen molar-refractivity contribution in [2.24, 2.45) is 0 Å². The first-order valence-corrected chi connectivity index (χ1v) is 9.81. The summed E-state index contributed by atoms with van der Waals surface area (Å²) in [5, 5.41) is 5.86. The quantitative estimate of drug-likeness (QED) is 0.618. The number of anilines is 1. The maximum atomic E-state index is 12.8. The van der Waals surface area contributed by atoms with Gasteiger partial charge >= 0.3 is 0 Å². The van der Waals surface area contributed by atoms with Gasteiger partial charge < -0.3 is 9.80 Å². The number of hydrogen-bond acceptors (Lipinski definition) is 4. The molecule has 0 unspecified atom stereocenters. The zero-order valence-corrected chi connectivity index (χ0v) is 17.0. The van der Waals surface area contributed by atoms with Gasteiger partial charge in [-0.1, -0.05) is 46.9 Å². The molecular formula is C19H16Cl3N5O. The van der Waals surface area contributed by atoms with E-state index in [-0.39, 0.29) is 5.91 Å². The Morgan fingerprint density at radius 3 is 2.43 bits per heavy atom. The third-order valence-electron chi connectivity index (χ3n) is 4.58. The Labute approximate surface area is 177 Å². The minimum Gasteiger partial charge on any atom is -0.352 e. The minimum absolute atomic E-state index is 0.0619. The van der Waals surface area contributed by atoms with E-state index in [1.807, 2.05) is 18.2 Å². The Kier molecular flexibility index (Phi) is 5.44. The summed E-state index contributed by atoms with van der Waals surface area (Å²) in [5.74, 6) is 0.623. The maximum absolute atomic E-state index is 12.8. The maximum Gasteiger partial charge on any atom is 0.257 e. The number of pyridine rings is 1. The van der Waals surface area contributed by atoms with Crippen molar-refractivity contribution in [1.82, 2.24) is 19.7 Å². The molecule has 144 valence electrons. The third kappa shape index (κ3) is 3.81. The number of benzene rings is 1. The molecule has 1 amide bonds.